The molecule has 136 valence electrons. The summed E-state index contributed by atoms with van der Waals surface area (Å²) < 4.78 is 20.1. The summed E-state index contributed by atoms with van der Waals surface area (Å²) in [6.07, 6.45) is 3.29. The molecule has 0 radical (unpaired) electrons. The zero-order chi connectivity index (χ0) is 18.2. The number of morpholine rings is 1. The van der Waals surface area contributed by atoms with Crippen LogP contribution in [-0.2, 0) is 4.74 Å². The van der Waals surface area contributed by atoms with Crippen LogP contribution in [-0.4, -0.2) is 46.5 Å². The van der Waals surface area contributed by atoms with E-state index in [0.717, 1.165) is 35.3 Å². The molecule has 5 rings (SSSR count). The lowest BCUT2D eigenvalue weighted by Gasteiger charge is -2.28. The van der Waals surface area contributed by atoms with Crippen LogP contribution in [0.25, 0.3) is 33.4 Å². The van der Waals surface area contributed by atoms with Crippen molar-refractivity contribution >= 4 is 28.1 Å². The third-order valence-electron chi connectivity index (χ3n) is 4.76. The van der Waals surface area contributed by atoms with Gasteiger partial charge in [0, 0.05) is 19.3 Å². The van der Waals surface area contributed by atoms with Gasteiger partial charge in [0.05, 0.1) is 41.7 Å². The first-order valence-corrected chi connectivity index (χ1v) is 9.60. The maximum absolute atomic E-state index is 14.7. The maximum Gasteiger partial charge on any atom is 0.222 e. The van der Waals surface area contributed by atoms with Gasteiger partial charge in [-0.15, -0.1) is 0 Å². The summed E-state index contributed by atoms with van der Waals surface area (Å²) in [7, 11) is 0. The van der Waals surface area contributed by atoms with Gasteiger partial charge in [0.2, 0.25) is 5.95 Å². The molecule has 0 atom stereocenters. The zero-order valence-electron chi connectivity index (χ0n) is 14.4. The summed E-state index contributed by atoms with van der Waals surface area (Å²) in [6.45, 7) is 2.84. The van der Waals surface area contributed by atoms with Gasteiger partial charge in [0.25, 0.3) is 0 Å². The number of rotatable bonds is 3. The smallest absolute Gasteiger partial charge is 0.222 e. The van der Waals surface area contributed by atoms with Gasteiger partial charge in [-0.1, -0.05) is 0 Å². The van der Waals surface area contributed by atoms with Gasteiger partial charge in [-0.3, -0.25) is 5.10 Å². The molecule has 0 aromatic carbocycles. The predicted octanol–water partition coefficient (Wildman–Crippen LogP) is 3.72. The van der Waals surface area contributed by atoms with Crippen molar-refractivity contribution in [2.75, 3.05) is 31.2 Å². The summed E-state index contributed by atoms with van der Waals surface area (Å²) >= 11 is 1.62. The molecule has 0 aliphatic carbocycles. The van der Waals surface area contributed by atoms with Crippen LogP contribution in [0, 0.1) is 5.95 Å². The molecule has 0 amide bonds. The van der Waals surface area contributed by atoms with E-state index in [9.17, 15) is 4.39 Å². The van der Waals surface area contributed by atoms with Crippen molar-refractivity contribution in [2.24, 2.45) is 0 Å². The number of pyridine rings is 2. The summed E-state index contributed by atoms with van der Waals surface area (Å²) in [4.78, 5) is 10.5. The summed E-state index contributed by atoms with van der Waals surface area (Å²) in [6, 6.07) is 5.79. The topological polar surface area (TPSA) is 66.9 Å². The fourth-order valence-electron chi connectivity index (χ4n) is 3.41. The van der Waals surface area contributed by atoms with E-state index in [4.69, 9.17) is 4.74 Å². The molecule has 8 heteroatoms. The van der Waals surface area contributed by atoms with Crippen molar-refractivity contribution in [1.29, 1.82) is 0 Å². The van der Waals surface area contributed by atoms with Crippen LogP contribution in [0.2, 0.25) is 0 Å². The number of H-pyrrole nitrogens is 1. The van der Waals surface area contributed by atoms with Gasteiger partial charge < -0.3 is 9.64 Å². The number of thiophene rings is 1. The lowest BCUT2D eigenvalue weighted by Crippen LogP contribution is -2.36. The van der Waals surface area contributed by atoms with Crippen LogP contribution in [0.4, 0.5) is 10.1 Å². The molecule has 0 saturated carbocycles. The average molecular weight is 381 g/mol. The number of nitrogens with one attached hydrogen (secondary N) is 1. The Labute approximate surface area is 158 Å². The number of fused-ring (bicyclic) bond motifs is 1. The maximum atomic E-state index is 14.7. The first-order valence-electron chi connectivity index (χ1n) is 8.65. The Balaban J connectivity index is 1.68. The van der Waals surface area contributed by atoms with E-state index >= 15 is 0 Å². The molecule has 0 unspecified atom stereocenters. The zero-order valence-corrected chi connectivity index (χ0v) is 15.2. The van der Waals surface area contributed by atoms with Crippen molar-refractivity contribution in [3.05, 3.63) is 47.3 Å². The highest BCUT2D eigenvalue weighted by Gasteiger charge is 2.20. The summed E-state index contributed by atoms with van der Waals surface area (Å²) in [5.74, 6) is -0.530. The van der Waals surface area contributed by atoms with Crippen LogP contribution in [0.5, 0.6) is 0 Å². The number of hydrogen-bond acceptors (Lipinski definition) is 6. The highest BCUT2D eigenvalue weighted by atomic mass is 32.1. The lowest BCUT2D eigenvalue weighted by molar-refractivity contribution is 0.122. The molecule has 1 fully saturated rings. The fraction of sp³-hybridized carbons (Fsp3) is 0.211. The van der Waals surface area contributed by atoms with Crippen LogP contribution >= 0.6 is 11.3 Å². The molecular formula is C19H16FN5OS. The molecule has 1 aliphatic heterocycles. The molecule has 27 heavy (non-hydrogen) atoms. The Bertz CT molecular complexity index is 1090. The van der Waals surface area contributed by atoms with Gasteiger partial charge >= 0.3 is 0 Å². The van der Waals surface area contributed by atoms with Crippen molar-refractivity contribution < 1.29 is 9.13 Å². The highest BCUT2D eigenvalue weighted by Crippen LogP contribution is 2.36. The van der Waals surface area contributed by atoms with E-state index in [1.807, 2.05) is 23.6 Å². The average Bonchev–Trinajstić information content (AvgIpc) is 3.39. The number of aromatic nitrogens is 4. The second-order valence-corrected chi connectivity index (χ2v) is 7.08. The third kappa shape index (κ3) is 2.87. The van der Waals surface area contributed by atoms with E-state index in [0.29, 0.717) is 30.1 Å². The highest BCUT2D eigenvalue weighted by molar-refractivity contribution is 7.08. The van der Waals surface area contributed by atoms with E-state index < -0.39 is 5.95 Å². The molecule has 6 nitrogen and oxygen atoms in total. The van der Waals surface area contributed by atoms with Gasteiger partial charge in [0.1, 0.15) is 0 Å². The largest absolute Gasteiger partial charge is 0.378 e. The third-order valence-corrected chi connectivity index (χ3v) is 5.44. The predicted molar refractivity (Wildman–Crippen MR) is 103 cm³/mol. The summed E-state index contributed by atoms with van der Waals surface area (Å²) in [5, 5.41) is 12.1. The van der Waals surface area contributed by atoms with Gasteiger partial charge in [-0.05, 0) is 40.1 Å². The first kappa shape index (κ1) is 16.3. The second-order valence-electron chi connectivity index (χ2n) is 6.30. The monoisotopic (exact) mass is 381 g/mol. The summed E-state index contributed by atoms with van der Waals surface area (Å²) in [5.41, 5.74) is 4.46. The lowest BCUT2D eigenvalue weighted by atomic mass is 10.0. The molecule has 4 aromatic rings. The van der Waals surface area contributed by atoms with Gasteiger partial charge in [-0.25, -0.2) is 9.97 Å². The minimum atomic E-state index is -0.530. The SMILES string of the molecule is Fc1ncc(N2CCOCC2)cc1-c1[nH]nc2nccc(-c3ccsc3)c12. The molecule has 1 N–H and O–H groups in total. The quantitative estimate of drug-likeness (QED) is 0.548. The number of anilines is 1. The number of halogens is 1. The number of ether oxygens (including phenoxy) is 1. The molecule has 0 spiro atoms. The normalized spacial score (nSPS) is 14.8. The molecule has 1 saturated heterocycles. The van der Waals surface area contributed by atoms with Crippen LogP contribution in [0.15, 0.2) is 41.4 Å². The van der Waals surface area contributed by atoms with E-state index in [-0.39, 0.29) is 0 Å². The van der Waals surface area contributed by atoms with E-state index in [1.54, 1.807) is 23.7 Å². The minimum absolute atomic E-state index is 0.394. The number of nitrogens with zero attached hydrogens (tertiary/aromatic N) is 4. The number of aromatic amines is 1. The van der Waals surface area contributed by atoms with Crippen molar-refractivity contribution in [3.8, 4) is 22.4 Å². The molecule has 5 heterocycles. The Morgan fingerprint density at radius 1 is 1.15 bits per heavy atom. The van der Waals surface area contributed by atoms with Crippen molar-refractivity contribution in [1.82, 2.24) is 20.2 Å². The second kappa shape index (κ2) is 6.71. The Kier molecular flexibility index (Phi) is 4.06. The Morgan fingerprint density at radius 2 is 2.04 bits per heavy atom. The van der Waals surface area contributed by atoms with Crippen molar-refractivity contribution in [3.63, 3.8) is 0 Å². The fourth-order valence-corrected chi connectivity index (χ4v) is 4.06. The molecular weight excluding hydrogens is 365 g/mol. The minimum Gasteiger partial charge on any atom is -0.378 e. The first-order chi connectivity index (χ1) is 13.3. The van der Waals surface area contributed by atoms with Gasteiger partial charge in [-0.2, -0.15) is 20.8 Å². The van der Waals surface area contributed by atoms with Gasteiger partial charge in [0.15, 0.2) is 5.65 Å². The van der Waals surface area contributed by atoms with E-state index in [2.05, 4.69) is 30.4 Å². The molecule has 4 aromatic heterocycles. The number of hydrogen-bond donors (Lipinski definition) is 1. The van der Waals surface area contributed by atoms with Crippen LogP contribution < -0.4 is 4.90 Å². The van der Waals surface area contributed by atoms with Crippen LogP contribution in [0.3, 0.4) is 0 Å². The van der Waals surface area contributed by atoms with Crippen molar-refractivity contribution in [2.45, 2.75) is 0 Å². The molecule has 1 aliphatic rings. The molecule has 0 bridgehead atoms. The van der Waals surface area contributed by atoms with Crippen LogP contribution in [0.1, 0.15) is 0 Å². The Morgan fingerprint density at radius 3 is 2.85 bits per heavy atom. The Hall–Kier alpha value is -2.84. The van der Waals surface area contributed by atoms with E-state index in [1.165, 1.54) is 0 Å². The standard InChI is InChI=1S/C19H16FN5OS/c20-18-15(9-13(10-22-18)25-4-6-26-7-5-25)17-16-14(12-2-8-27-11-12)1-3-21-19(16)24-23-17/h1-3,8-11H,4-7H2,(H,21,23,24).